The molecule has 1 unspecified atom stereocenters. The highest BCUT2D eigenvalue weighted by Gasteiger charge is 2.30. The number of nitrogens with one attached hydrogen (secondary N) is 1. The largest absolute Gasteiger partial charge is 0.475 e. The summed E-state index contributed by atoms with van der Waals surface area (Å²) in [6, 6.07) is 8.45. The van der Waals surface area contributed by atoms with Crippen LogP contribution in [0.15, 0.2) is 48.8 Å². The first-order chi connectivity index (χ1) is 17.2. The van der Waals surface area contributed by atoms with Crippen LogP contribution in [0.2, 0.25) is 0 Å². The maximum absolute atomic E-state index is 13.1. The van der Waals surface area contributed by atoms with Crippen LogP contribution in [-0.4, -0.2) is 41.6 Å². The molecule has 1 aliphatic rings. The summed E-state index contributed by atoms with van der Waals surface area (Å²) in [5, 5.41) is 13.0. The standard InChI is InChI=1S/C25H23F3N6O2/c1-14(16-3-2-4-16)30-20-19-21(32-22(31-20)24(35)36)33-23(17-9-11-29-12-10-17)34(19)13-15-5-7-18(8-6-15)25(26,27)28/h5-12,14,16H,2-4,13H2,1H3,(H,35,36)(H,30,31,32). The molecule has 1 aromatic carbocycles. The highest BCUT2D eigenvalue weighted by atomic mass is 19.4. The van der Waals surface area contributed by atoms with Crippen LogP contribution in [0.25, 0.3) is 22.6 Å². The zero-order valence-corrected chi connectivity index (χ0v) is 19.3. The van der Waals surface area contributed by atoms with Crippen LogP contribution < -0.4 is 5.32 Å². The van der Waals surface area contributed by atoms with Crippen LogP contribution in [0, 0.1) is 5.92 Å². The molecule has 2 N–H and O–H groups in total. The Morgan fingerprint density at radius 2 is 1.81 bits per heavy atom. The van der Waals surface area contributed by atoms with Gasteiger partial charge in [0, 0.05) is 30.5 Å². The molecule has 3 heterocycles. The molecule has 0 saturated heterocycles. The quantitative estimate of drug-likeness (QED) is 0.360. The van der Waals surface area contributed by atoms with Crippen molar-refractivity contribution in [1.82, 2.24) is 24.5 Å². The summed E-state index contributed by atoms with van der Waals surface area (Å²) in [6.07, 6.45) is 2.06. The molecule has 3 aromatic heterocycles. The molecule has 4 aromatic rings. The van der Waals surface area contributed by atoms with Crippen LogP contribution in [-0.2, 0) is 12.7 Å². The Labute approximate surface area is 204 Å². The first kappa shape index (κ1) is 23.7. The van der Waals surface area contributed by atoms with Gasteiger partial charge in [0.2, 0.25) is 5.82 Å². The van der Waals surface area contributed by atoms with E-state index in [1.54, 1.807) is 29.1 Å². The molecule has 0 aliphatic heterocycles. The third-order valence-corrected chi connectivity index (χ3v) is 6.58. The summed E-state index contributed by atoms with van der Waals surface area (Å²) in [7, 11) is 0. The maximum Gasteiger partial charge on any atom is 0.416 e. The fourth-order valence-corrected chi connectivity index (χ4v) is 4.36. The van der Waals surface area contributed by atoms with Gasteiger partial charge in [0.05, 0.1) is 5.56 Å². The molecule has 0 radical (unpaired) electrons. The summed E-state index contributed by atoms with van der Waals surface area (Å²) in [4.78, 5) is 28.9. The summed E-state index contributed by atoms with van der Waals surface area (Å²) in [5.41, 5.74) is 1.24. The number of imidazole rings is 1. The van der Waals surface area contributed by atoms with E-state index < -0.39 is 17.7 Å². The van der Waals surface area contributed by atoms with Gasteiger partial charge < -0.3 is 15.0 Å². The van der Waals surface area contributed by atoms with Gasteiger partial charge in [0.15, 0.2) is 11.5 Å². The Kier molecular flexibility index (Phi) is 6.07. The van der Waals surface area contributed by atoms with Crippen molar-refractivity contribution < 1.29 is 23.1 Å². The molecule has 186 valence electrons. The van der Waals surface area contributed by atoms with Crippen molar-refractivity contribution in [1.29, 1.82) is 0 Å². The number of carbonyl (C=O) groups is 1. The second-order valence-electron chi connectivity index (χ2n) is 8.95. The first-order valence-electron chi connectivity index (χ1n) is 11.6. The lowest BCUT2D eigenvalue weighted by molar-refractivity contribution is -0.137. The van der Waals surface area contributed by atoms with Gasteiger partial charge in [0.1, 0.15) is 11.3 Å². The highest BCUT2D eigenvalue weighted by Crippen LogP contribution is 2.34. The van der Waals surface area contributed by atoms with Gasteiger partial charge in [-0.05, 0) is 55.5 Å². The van der Waals surface area contributed by atoms with E-state index in [1.165, 1.54) is 12.1 Å². The molecule has 8 nitrogen and oxygen atoms in total. The van der Waals surface area contributed by atoms with Gasteiger partial charge in [0.25, 0.3) is 0 Å². The summed E-state index contributed by atoms with van der Waals surface area (Å²) in [5.74, 6) is -0.417. The van der Waals surface area contributed by atoms with E-state index in [0.717, 1.165) is 31.4 Å². The highest BCUT2D eigenvalue weighted by molar-refractivity contribution is 5.92. The van der Waals surface area contributed by atoms with Gasteiger partial charge in [-0.2, -0.15) is 13.2 Å². The van der Waals surface area contributed by atoms with E-state index in [4.69, 9.17) is 0 Å². The number of nitrogens with zero attached hydrogens (tertiary/aromatic N) is 5. The summed E-state index contributed by atoms with van der Waals surface area (Å²) in [6.45, 7) is 2.20. The van der Waals surface area contributed by atoms with E-state index in [0.29, 0.717) is 34.2 Å². The molecule has 1 atom stereocenters. The molecular formula is C25H23F3N6O2. The van der Waals surface area contributed by atoms with Crippen LogP contribution in [0.4, 0.5) is 19.0 Å². The van der Waals surface area contributed by atoms with Gasteiger partial charge in [-0.3, -0.25) is 4.98 Å². The fraction of sp³-hybridized carbons (Fsp3) is 0.320. The lowest BCUT2D eigenvalue weighted by Crippen LogP contribution is -2.31. The Hall–Kier alpha value is -4.02. The van der Waals surface area contributed by atoms with E-state index in [-0.39, 0.29) is 24.1 Å². The first-order valence-corrected chi connectivity index (χ1v) is 11.6. The molecule has 0 spiro atoms. The second kappa shape index (κ2) is 9.21. The van der Waals surface area contributed by atoms with E-state index in [2.05, 4.69) is 25.3 Å². The third kappa shape index (κ3) is 4.60. The minimum atomic E-state index is -4.43. The maximum atomic E-state index is 13.1. The number of rotatable bonds is 7. The number of carboxylic acids is 1. The molecular weight excluding hydrogens is 473 g/mol. The fourth-order valence-electron chi connectivity index (χ4n) is 4.36. The number of halogens is 3. The predicted molar refractivity (Wildman–Crippen MR) is 126 cm³/mol. The van der Waals surface area contributed by atoms with E-state index in [1.807, 2.05) is 6.92 Å². The smallest absolute Gasteiger partial charge is 0.416 e. The predicted octanol–water partition coefficient (Wildman–Crippen LogP) is 5.25. The molecule has 1 saturated carbocycles. The van der Waals surface area contributed by atoms with Crippen molar-refractivity contribution in [2.24, 2.45) is 5.92 Å². The van der Waals surface area contributed by atoms with Crippen molar-refractivity contribution in [3.05, 3.63) is 65.7 Å². The van der Waals surface area contributed by atoms with Crippen molar-refractivity contribution >= 4 is 23.0 Å². The average molecular weight is 496 g/mol. The van der Waals surface area contributed by atoms with E-state index in [9.17, 15) is 23.1 Å². The molecule has 1 aliphatic carbocycles. The number of hydrogen-bond acceptors (Lipinski definition) is 6. The van der Waals surface area contributed by atoms with Gasteiger partial charge >= 0.3 is 12.1 Å². The molecule has 36 heavy (non-hydrogen) atoms. The zero-order valence-electron chi connectivity index (χ0n) is 19.3. The minimum absolute atomic E-state index is 0.0392. The SMILES string of the molecule is CC(Nc1nc(C(=O)O)nc2nc(-c3ccncc3)n(Cc3ccc(C(F)(F)F)cc3)c12)C1CCC1. The molecule has 0 amide bonds. The summed E-state index contributed by atoms with van der Waals surface area (Å²) < 4.78 is 41.0. The monoisotopic (exact) mass is 496 g/mol. The number of fused-ring (bicyclic) bond motifs is 1. The number of carboxylic acid groups (broad SMARTS) is 1. The third-order valence-electron chi connectivity index (χ3n) is 6.58. The number of hydrogen-bond donors (Lipinski definition) is 2. The van der Waals surface area contributed by atoms with Crippen molar-refractivity contribution in [3.8, 4) is 11.4 Å². The van der Waals surface area contributed by atoms with Crippen molar-refractivity contribution in [2.45, 2.75) is 44.9 Å². The number of anilines is 1. The van der Waals surface area contributed by atoms with Crippen molar-refractivity contribution in [3.63, 3.8) is 0 Å². The average Bonchev–Trinajstić information content (AvgIpc) is 3.16. The number of aromatic carboxylic acids is 1. The Bertz CT molecular complexity index is 1400. The Balaban J connectivity index is 1.66. The molecule has 11 heteroatoms. The number of aromatic nitrogens is 5. The molecule has 0 bridgehead atoms. The number of alkyl halides is 3. The zero-order chi connectivity index (χ0) is 25.4. The van der Waals surface area contributed by atoms with Gasteiger partial charge in [-0.1, -0.05) is 18.6 Å². The minimum Gasteiger partial charge on any atom is -0.475 e. The second-order valence-corrected chi connectivity index (χ2v) is 8.95. The van der Waals surface area contributed by atoms with Crippen LogP contribution in [0.5, 0.6) is 0 Å². The van der Waals surface area contributed by atoms with Gasteiger partial charge in [-0.15, -0.1) is 0 Å². The van der Waals surface area contributed by atoms with Crippen LogP contribution in [0.3, 0.4) is 0 Å². The van der Waals surface area contributed by atoms with Crippen molar-refractivity contribution in [2.75, 3.05) is 5.32 Å². The Morgan fingerprint density at radius 1 is 1.11 bits per heavy atom. The Morgan fingerprint density at radius 3 is 2.39 bits per heavy atom. The number of benzene rings is 1. The summed E-state index contributed by atoms with van der Waals surface area (Å²) >= 11 is 0. The topological polar surface area (TPSA) is 106 Å². The van der Waals surface area contributed by atoms with Crippen LogP contribution in [0.1, 0.15) is 47.9 Å². The normalized spacial score (nSPS) is 15.0. The van der Waals surface area contributed by atoms with E-state index >= 15 is 0 Å². The van der Waals surface area contributed by atoms with Gasteiger partial charge in [-0.25, -0.2) is 19.7 Å². The number of pyridine rings is 1. The lowest BCUT2D eigenvalue weighted by Gasteiger charge is -2.32. The lowest BCUT2D eigenvalue weighted by atomic mass is 9.80. The molecule has 5 rings (SSSR count). The van der Waals surface area contributed by atoms with Crippen LogP contribution >= 0.6 is 0 Å². The molecule has 1 fully saturated rings.